The Labute approximate surface area is 207 Å². The summed E-state index contributed by atoms with van der Waals surface area (Å²) in [6, 6.07) is 9.95. The van der Waals surface area contributed by atoms with E-state index in [4.69, 9.17) is 14.2 Å². The van der Waals surface area contributed by atoms with Gasteiger partial charge in [-0.2, -0.15) is 0 Å². The second-order valence-electron chi connectivity index (χ2n) is 8.26. The Morgan fingerprint density at radius 3 is 2.81 bits per heavy atom. The molecule has 1 atom stereocenters. The molecule has 186 valence electrons. The Bertz CT molecular complexity index is 1440. The third-order valence-electron chi connectivity index (χ3n) is 6.16. The highest BCUT2D eigenvalue weighted by Crippen LogP contribution is 2.43. The van der Waals surface area contributed by atoms with Crippen LogP contribution in [0.3, 0.4) is 0 Å². The van der Waals surface area contributed by atoms with Crippen molar-refractivity contribution >= 4 is 28.3 Å². The van der Waals surface area contributed by atoms with Crippen LogP contribution in [0, 0.1) is 5.82 Å². The Morgan fingerprint density at radius 2 is 2.03 bits per heavy atom. The second kappa shape index (κ2) is 9.82. The second-order valence-corrected chi connectivity index (χ2v) is 8.26. The number of nitrogens with zero attached hydrogens (tertiary/aromatic N) is 2. The highest BCUT2D eigenvalue weighted by atomic mass is 19.1. The van der Waals surface area contributed by atoms with Crippen molar-refractivity contribution in [3.05, 3.63) is 59.7 Å². The van der Waals surface area contributed by atoms with Gasteiger partial charge in [-0.15, -0.1) is 0 Å². The Hall–Kier alpha value is -4.18. The number of H-pyrrole nitrogens is 1. The summed E-state index contributed by atoms with van der Waals surface area (Å²) >= 11 is 0. The van der Waals surface area contributed by atoms with Crippen molar-refractivity contribution in [2.24, 2.45) is 0 Å². The number of benzene rings is 1. The minimum atomic E-state index is -0.520. The molecule has 0 fully saturated rings. The number of carbonyl (C=O) groups excluding carboxylic acids is 1. The number of hydrogen-bond acceptors (Lipinski definition) is 7. The lowest BCUT2D eigenvalue weighted by atomic mass is 9.96. The van der Waals surface area contributed by atoms with E-state index in [9.17, 15) is 9.18 Å². The highest BCUT2D eigenvalue weighted by molar-refractivity contribution is 6.08. The van der Waals surface area contributed by atoms with E-state index < -0.39 is 5.82 Å². The number of amides is 1. The maximum atomic E-state index is 14.5. The molecule has 10 heteroatoms. The van der Waals surface area contributed by atoms with E-state index in [0.717, 1.165) is 5.69 Å². The number of hydrogen-bond donors (Lipinski definition) is 3. The molecule has 1 aliphatic rings. The summed E-state index contributed by atoms with van der Waals surface area (Å²) in [5.41, 5.74) is 4.58. The van der Waals surface area contributed by atoms with E-state index in [1.165, 1.54) is 13.2 Å². The van der Waals surface area contributed by atoms with Gasteiger partial charge in [-0.1, -0.05) is 6.07 Å². The number of rotatable bonds is 8. The van der Waals surface area contributed by atoms with E-state index in [-0.39, 0.29) is 17.6 Å². The number of pyridine rings is 2. The molecule has 0 saturated heterocycles. The molecule has 3 aromatic heterocycles. The summed E-state index contributed by atoms with van der Waals surface area (Å²) in [4.78, 5) is 25.7. The van der Waals surface area contributed by atoms with Crippen molar-refractivity contribution in [2.45, 2.75) is 12.8 Å². The molecular formula is C26H26FN5O4. The van der Waals surface area contributed by atoms with Crippen molar-refractivity contribution in [1.29, 1.82) is 0 Å². The van der Waals surface area contributed by atoms with Crippen LogP contribution in [0.2, 0.25) is 0 Å². The minimum absolute atomic E-state index is 0.0415. The first-order valence-corrected chi connectivity index (χ1v) is 11.6. The van der Waals surface area contributed by atoms with Crippen LogP contribution >= 0.6 is 0 Å². The summed E-state index contributed by atoms with van der Waals surface area (Å²) in [6.07, 6.45) is 1.68. The van der Waals surface area contributed by atoms with E-state index in [2.05, 4.69) is 25.6 Å². The molecule has 0 radical (unpaired) electrons. The van der Waals surface area contributed by atoms with Gasteiger partial charge in [-0.05, 0) is 31.2 Å². The fourth-order valence-corrected chi connectivity index (χ4v) is 4.47. The van der Waals surface area contributed by atoms with E-state index in [0.29, 0.717) is 64.9 Å². The van der Waals surface area contributed by atoms with Crippen LogP contribution in [-0.4, -0.2) is 54.8 Å². The Kier molecular flexibility index (Phi) is 6.43. The Balaban J connectivity index is 1.76. The predicted molar refractivity (Wildman–Crippen MR) is 134 cm³/mol. The molecule has 0 unspecified atom stereocenters. The summed E-state index contributed by atoms with van der Waals surface area (Å²) in [5.74, 6) is -0.395. The van der Waals surface area contributed by atoms with Gasteiger partial charge in [0.05, 0.1) is 49.0 Å². The van der Waals surface area contributed by atoms with Crippen LogP contribution in [-0.2, 0) is 4.74 Å². The predicted octanol–water partition coefficient (Wildman–Crippen LogP) is 4.39. The van der Waals surface area contributed by atoms with Crippen LogP contribution in [0.15, 0.2) is 42.6 Å². The highest BCUT2D eigenvalue weighted by Gasteiger charge is 2.33. The zero-order chi connectivity index (χ0) is 25.2. The third-order valence-corrected chi connectivity index (χ3v) is 6.16. The van der Waals surface area contributed by atoms with Gasteiger partial charge in [0.1, 0.15) is 5.52 Å². The van der Waals surface area contributed by atoms with Gasteiger partial charge in [0, 0.05) is 42.6 Å². The molecule has 1 aliphatic heterocycles. The standard InChI is InChI=1S/C26H26FN5O4/c1-4-36-13-14-12-29-26(33)20-21(14)32-23(24(20)30-18-7-5-6-16(27)25(18)35-3)15-10-11-28-17-8-9-19(34-2)31-22(15)17/h5-11,14,30,32H,4,12-13H2,1-3H3,(H,29,33)/t14-/m1/s1. The van der Waals surface area contributed by atoms with Crippen molar-refractivity contribution in [1.82, 2.24) is 20.3 Å². The zero-order valence-electron chi connectivity index (χ0n) is 20.1. The van der Waals surface area contributed by atoms with Crippen LogP contribution in [0.4, 0.5) is 15.8 Å². The maximum absolute atomic E-state index is 14.5. The first-order valence-electron chi connectivity index (χ1n) is 11.6. The van der Waals surface area contributed by atoms with Gasteiger partial charge >= 0.3 is 0 Å². The lowest BCUT2D eigenvalue weighted by molar-refractivity contribution is 0.0908. The first-order chi connectivity index (χ1) is 17.5. The molecule has 0 saturated carbocycles. The molecule has 9 nitrogen and oxygen atoms in total. The quantitative estimate of drug-likeness (QED) is 0.335. The summed E-state index contributed by atoms with van der Waals surface area (Å²) < 4.78 is 30.8. The van der Waals surface area contributed by atoms with Crippen LogP contribution in [0.1, 0.15) is 28.9 Å². The number of fused-ring (bicyclic) bond motifs is 2. The SMILES string of the molecule is CCOC[C@H]1CNC(=O)c2c1[nH]c(-c1ccnc3ccc(OC)nc13)c2Nc1cccc(F)c1OC. The molecule has 1 amide bonds. The molecule has 36 heavy (non-hydrogen) atoms. The van der Waals surface area contributed by atoms with Crippen LogP contribution in [0.5, 0.6) is 11.6 Å². The molecule has 1 aromatic carbocycles. The number of aromatic nitrogens is 3. The van der Waals surface area contributed by atoms with Gasteiger partial charge in [0.2, 0.25) is 5.88 Å². The van der Waals surface area contributed by atoms with Crippen molar-refractivity contribution in [2.75, 3.05) is 39.3 Å². The van der Waals surface area contributed by atoms with E-state index in [1.807, 2.05) is 19.1 Å². The zero-order valence-corrected chi connectivity index (χ0v) is 20.1. The smallest absolute Gasteiger partial charge is 0.255 e. The Morgan fingerprint density at radius 1 is 1.17 bits per heavy atom. The van der Waals surface area contributed by atoms with Crippen molar-refractivity contribution in [3.8, 4) is 22.9 Å². The van der Waals surface area contributed by atoms with Gasteiger partial charge in [-0.25, -0.2) is 9.37 Å². The summed E-state index contributed by atoms with van der Waals surface area (Å²) in [7, 11) is 2.94. The lowest BCUT2D eigenvalue weighted by Crippen LogP contribution is -2.36. The number of ether oxygens (including phenoxy) is 3. The largest absolute Gasteiger partial charge is 0.492 e. The van der Waals surface area contributed by atoms with Gasteiger partial charge < -0.3 is 29.8 Å². The normalized spacial score (nSPS) is 14.9. The number of halogens is 1. The molecule has 0 aliphatic carbocycles. The van der Waals surface area contributed by atoms with Crippen LogP contribution in [0.25, 0.3) is 22.3 Å². The molecule has 0 bridgehead atoms. The van der Waals surface area contributed by atoms with Crippen molar-refractivity contribution in [3.63, 3.8) is 0 Å². The fraction of sp³-hybridized carbons (Fsp3) is 0.269. The molecule has 3 N–H and O–H groups in total. The van der Waals surface area contributed by atoms with Gasteiger partial charge in [0.15, 0.2) is 11.6 Å². The number of methoxy groups -OCH3 is 2. The van der Waals surface area contributed by atoms with Crippen LogP contribution < -0.4 is 20.1 Å². The average molecular weight is 492 g/mol. The lowest BCUT2D eigenvalue weighted by Gasteiger charge is -2.23. The number of aromatic amines is 1. The molecule has 5 rings (SSSR count). The molecule has 4 aromatic rings. The number of anilines is 2. The van der Waals surface area contributed by atoms with Gasteiger partial charge in [-0.3, -0.25) is 9.78 Å². The monoisotopic (exact) mass is 491 g/mol. The van der Waals surface area contributed by atoms with E-state index in [1.54, 1.807) is 31.5 Å². The number of nitrogens with one attached hydrogen (secondary N) is 3. The maximum Gasteiger partial charge on any atom is 0.255 e. The molecular weight excluding hydrogens is 465 g/mol. The summed E-state index contributed by atoms with van der Waals surface area (Å²) in [6.45, 7) is 3.33. The van der Waals surface area contributed by atoms with Crippen molar-refractivity contribution < 1.29 is 23.4 Å². The number of para-hydroxylation sites is 1. The average Bonchev–Trinajstić information content (AvgIpc) is 3.27. The van der Waals surface area contributed by atoms with E-state index >= 15 is 0 Å². The fourth-order valence-electron chi connectivity index (χ4n) is 4.47. The van der Waals surface area contributed by atoms with Gasteiger partial charge in [0.25, 0.3) is 5.91 Å². The topological polar surface area (TPSA) is 110 Å². The minimum Gasteiger partial charge on any atom is -0.492 e. The summed E-state index contributed by atoms with van der Waals surface area (Å²) in [5, 5.41) is 6.21. The molecule has 0 spiro atoms. The first kappa shape index (κ1) is 23.6. The number of carbonyl (C=O) groups is 1. The third kappa shape index (κ3) is 4.09. The molecule has 4 heterocycles.